The van der Waals surface area contributed by atoms with Crippen molar-refractivity contribution in [2.24, 2.45) is 0 Å². The van der Waals surface area contributed by atoms with E-state index in [-0.39, 0.29) is 12.5 Å². The quantitative estimate of drug-likeness (QED) is 0.667. The lowest BCUT2D eigenvalue weighted by molar-refractivity contribution is -0.183. The first-order valence-corrected chi connectivity index (χ1v) is 8.39. The number of nitrogens with zero attached hydrogens (tertiary/aromatic N) is 1. The molecule has 6 nitrogen and oxygen atoms in total. The number of carbonyl (C=O) groups excluding carboxylic acids is 3. The molecule has 1 aromatic carbocycles. The van der Waals surface area contributed by atoms with Gasteiger partial charge < -0.3 is 15.0 Å². The van der Waals surface area contributed by atoms with Crippen LogP contribution in [0, 0.1) is 0 Å². The molecule has 2 rings (SSSR count). The molecule has 0 spiro atoms. The zero-order valence-corrected chi connectivity index (χ0v) is 15.5. The highest BCUT2D eigenvalue weighted by Crippen LogP contribution is 2.28. The summed E-state index contributed by atoms with van der Waals surface area (Å²) in [7, 11) is 0. The van der Waals surface area contributed by atoms with Crippen LogP contribution >= 0.6 is 0 Å². The number of esters is 1. The van der Waals surface area contributed by atoms with Crippen LogP contribution in [0.2, 0.25) is 0 Å². The van der Waals surface area contributed by atoms with Gasteiger partial charge in [0.1, 0.15) is 6.61 Å². The standard InChI is InChI=1S/C19H26N2O4/c1-13(22)21-15(11-14-9-7-6-8-10-14)12-25-17(24)19(21,5)16(23)20-18(2,3)4/h6-10,15H,11-12H2,1-5H3,(H,20,23)/t15-,19-/m0/s1. The van der Waals surface area contributed by atoms with Crippen molar-refractivity contribution in [1.29, 1.82) is 0 Å². The van der Waals surface area contributed by atoms with Crippen LogP contribution in [0.25, 0.3) is 0 Å². The summed E-state index contributed by atoms with van der Waals surface area (Å²) < 4.78 is 5.30. The minimum Gasteiger partial charge on any atom is -0.461 e. The van der Waals surface area contributed by atoms with E-state index < -0.39 is 29.0 Å². The number of ether oxygens (including phenoxy) is 1. The Balaban J connectivity index is 2.37. The summed E-state index contributed by atoms with van der Waals surface area (Å²) in [6.07, 6.45) is 0.506. The first kappa shape index (κ1) is 19.0. The average Bonchev–Trinajstić information content (AvgIpc) is 2.50. The van der Waals surface area contributed by atoms with Gasteiger partial charge in [0.05, 0.1) is 6.04 Å². The van der Waals surface area contributed by atoms with Gasteiger partial charge in [0.15, 0.2) is 0 Å². The number of amides is 2. The molecule has 2 amide bonds. The van der Waals surface area contributed by atoms with Gasteiger partial charge in [0.25, 0.3) is 5.91 Å². The van der Waals surface area contributed by atoms with Crippen molar-refractivity contribution in [2.75, 3.05) is 6.61 Å². The fourth-order valence-corrected chi connectivity index (χ4v) is 3.12. The molecule has 0 radical (unpaired) electrons. The zero-order chi connectivity index (χ0) is 18.8. The maximum atomic E-state index is 12.9. The van der Waals surface area contributed by atoms with Crippen molar-refractivity contribution < 1.29 is 19.1 Å². The van der Waals surface area contributed by atoms with E-state index in [1.54, 1.807) is 0 Å². The zero-order valence-electron chi connectivity index (χ0n) is 15.5. The van der Waals surface area contributed by atoms with Crippen LogP contribution in [0.1, 0.15) is 40.2 Å². The molecule has 1 fully saturated rings. The number of carbonyl (C=O) groups is 3. The van der Waals surface area contributed by atoms with Crippen LogP contribution in [0.3, 0.4) is 0 Å². The first-order chi connectivity index (χ1) is 11.6. The number of hydrogen-bond acceptors (Lipinski definition) is 4. The van der Waals surface area contributed by atoms with Crippen molar-refractivity contribution in [2.45, 2.75) is 58.2 Å². The average molecular weight is 346 g/mol. The molecule has 25 heavy (non-hydrogen) atoms. The summed E-state index contributed by atoms with van der Waals surface area (Å²) in [5.41, 5.74) is -1.21. The Kier molecular flexibility index (Phi) is 5.20. The molecule has 2 atom stereocenters. The molecule has 1 aliphatic heterocycles. The molecular weight excluding hydrogens is 320 g/mol. The smallest absolute Gasteiger partial charge is 0.341 e. The van der Waals surface area contributed by atoms with Crippen LogP contribution in [0.5, 0.6) is 0 Å². The largest absolute Gasteiger partial charge is 0.461 e. The summed E-state index contributed by atoms with van der Waals surface area (Å²) in [5.74, 6) is -1.56. The molecule has 0 aliphatic carbocycles. The van der Waals surface area contributed by atoms with Crippen LogP contribution in [-0.2, 0) is 25.5 Å². The Morgan fingerprint density at radius 3 is 2.40 bits per heavy atom. The summed E-state index contributed by atoms with van der Waals surface area (Å²) in [6, 6.07) is 9.23. The van der Waals surface area contributed by atoms with Gasteiger partial charge in [-0.05, 0) is 39.7 Å². The summed E-state index contributed by atoms with van der Waals surface area (Å²) in [5, 5.41) is 2.80. The molecule has 6 heteroatoms. The molecule has 1 aromatic rings. The van der Waals surface area contributed by atoms with Crippen molar-refractivity contribution in [1.82, 2.24) is 10.2 Å². The Labute approximate surface area is 148 Å². The number of rotatable bonds is 3. The molecular formula is C19H26N2O4. The molecule has 1 N–H and O–H groups in total. The number of benzene rings is 1. The van der Waals surface area contributed by atoms with E-state index in [0.717, 1.165) is 5.56 Å². The van der Waals surface area contributed by atoms with E-state index >= 15 is 0 Å². The Bertz CT molecular complexity index is 666. The van der Waals surface area contributed by atoms with Gasteiger partial charge in [-0.3, -0.25) is 9.59 Å². The minimum absolute atomic E-state index is 0.0751. The molecule has 0 bridgehead atoms. The second kappa shape index (κ2) is 6.86. The van der Waals surface area contributed by atoms with Crippen LogP contribution in [0.15, 0.2) is 30.3 Å². The molecule has 136 valence electrons. The first-order valence-electron chi connectivity index (χ1n) is 8.39. The highest BCUT2D eigenvalue weighted by molar-refractivity contribution is 6.10. The topological polar surface area (TPSA) is 75.7 Å². The number of hydrogen-bond donors (Lipinski definition) is 1. The summed E-state index contributed by atoms with van der Waals surface area (Å²) >= 11 is 0. The van der Waals surface area contributed by atoms with Gasteiger partial charge in [0, 0.05) is 12.5 Å². The molecule has 0 unspecified atom stereocenters. The van der Waals surface area contributed by atoms with E-state index in [9.17, 15) is 14.4 Å². The fraction of sp³-hybridized carbons (Fsp3) is 0.526. The number of morpholine rings is 1. The minimum atomic E-state index is -1.68. The van der Waals surface area contributed by atoms with Gasteiger partial charge in [-0.2, -0.15) is 0 Å². The SMILES string of the molecule is CC(=O)N1[C@@H](Cc2ccccc2)COC(=O)[C@]1(C)C(=O)NC(C)(C)C. The van der Waals surface area contributed by atoms with Gasteiger partial charge in [0.2, 0.25) is 11.4 Å². The van der Waals surface area contributed by atoms with E-state index in [1.165, 1.54) is 18.7 Å². The third kappa shape index (κ3) is 4.00. The maximum Gasteiger partial charge on any atom is 0.341 e. The highest BCUT2D eigenvalue weighted by Gasteiger charge is 2.55. The van der Waals surface area contributed by atoms with E-state index in [2.05, 4.69) is 5.32 Å². The van der Waals surface area contributed by atoms with Gasteiger partial charge >= 0.3 is 5.97 Å². The second-order valence-electron chi connectivity index (χ2n) is 7.61. The monoisotopic (exact) mass is 346 g/mol. The van der Waals surface area contributed by atoms with Gasteiger partial charge in [-0.25, -0.2) is 4.79 Å². The number of cyclic esters (lactones) is 1. The van der Waals surface area contributed by atoms with Crippen LogP contribution in [-0.4, -0.2) is 46.4 Å². The normalized spacial score (nSPS) is 23.8. The second-order valence-corrected chi connectivity index (χ2v) is 7.61. The van der Waals surface area contributed by atoms with Gasteiger partial charge in [-0.15, -0.1) is 0 Å². The lowest BCUT2D eigenvalue weighted by Gasteiger charge is -2.46. The number of nitrogens with one attached hydrogen (secondary N) is 1. The summed E-state index contributed by atoms with van der Waals surface area (Å²) in [4.78, 5) is 39.1. The predicted molar refractivity (Wildman–Crippen MR) is 93.7 cm³/mol. The van der Waals surface area contributed by atoms with Crippen molar-refractivity contribution in [3.05, 3.63) is 35.9 Å². The lowest BCUT2D eigenvalue weighted by atomic mass is 9.90. The Hall–Kier alpha value is -2.37. The Morgan fingerprint density at radius 2 is 1.88 bits per heavy atom. The maximum absolute atomic E-state index is 12.9. The molecule has 1 aliphatic rings. The molecule has 1 saturated heterocycles. The van der Waals surface area contributed by atoms with Crippen LogP contribution in [0.4, 0.5) is 0 Å². The van der Waals surface area contributed by atoms with E-state index in [0.29, 0.717) is 6.42 Å². The van der Waals surface area contributed by atoms with Crippen molar-refractivity contribution in [3.63, 3.8) is 0 Å². The van der Waals surface area contributed by atoms with Crippen molar-refractivity contribution >= 4 is 17.8 Å². The van der Waals surface area contributed by atoms with Crippen LogP contribution < -0.4 is 5.32 Å². The van der Waals surface area contributed by atoms with Gasteiger partial charge in [-0.1, -0.05) is 30.3 Å². The van der Waals surface area contributed by atoms with Crippen molar-refractivity contribution in [3.8, 4) is 0 Å². The third-order valence-electron chi connectivity index (χ3n) is 4.24. The van der Waals surface area contributed by atoms with E-state index in [4.69, 9.17) is 4.74 Å². The fourth-order valence-electron chi connectivity index (χ4n) is 3.12. The molecule has 0 aromatic heterocycles. The third-order valence-corrected chi connectivity index (χ3v) is 4.24. The molecule has 0 saturated carbocycles. The Morgan fingerprint density at radius 1 is 1.28 bits per heavy atom. The van der Waals surface area contributed by atoms with E-state index in [1.807, 2.05) is 51.1 Å². The highest BCUT2D eigenvalue weighted by atomic mass is 16.5. The molecule has 1 heterocycles. The predicted octanol–water partition coefficient (Wildman–Crippen LogP) is 1.68. The summed E-state index contributed by atoms with van der Waals surface area (Å²) in [6.45, 7) is 8.37. The lowest BCUT2D eigenvalue weighted by Crippen LogP contribution is -2.71.